The average molecular weight is 752 g/mol. The monoisotopic (exact) mass is 751 g/mol. The first kappa shape index (κ1) is 40.4. The third kappa shape index (κ3) is 6.45. The first-order valence-electron chi connectivity index (χ1n) is 20.4. The van der Waals surface area contributed by atoms with E-state index >= 15 is 0 Å². The Morgan fingerprint density at radius 2 is 1.60 bits per heavy atom. The third-order valence-corrected chi connectivity index (χ3v) is 16.6. The Balaban J connectivity index is 1.27. The number of carboxylic acids is 1. The largest absolute Gasteiger partial charge is 0.481 e. The van der Waals surface area contributed by atoms with Gasteiger partial charge in [0.1, 0.15) is 6.10 Å². The van der Waals surface area contributed by atoms with Crippen LogP contribution >= 0.6 is 11.6 Å². The van der Waals surface area contributed by atoms with E-state index in [-0.39, 0.29) is 51.8 Å². The number of aliphatic carboxylic acids is 1. The fraction of sp³-hybridized carbons (Fsp3) is 0.756. The van der Waals surface area contributed by atoms with Crippen molar-refractivity contribution >= 4 is 29.3 Å². The number of ketones is 1. The summed E-state index contributed by atoms with van der Waals surface area (Å²) in [5.41, 5.74) is 1.60. The van der Waals surface area contributed by atoms with Crippen LogP contribution in [-0.2, 0) is 25.7 Å². The molecule has 2 N–H and O–H groups in total. The van der Waals surface area contributed by atoms with Gasteiger partial charge in [-0.2, -0.15) is 0 Å². The predicted octanol–water partition coefficient (Wildman–Crippen LogP) is 9.53. The Kier molecular flexibility index (Phi) is 10.5. The predicted molar refractivity (Wildman–Crippen MR) is 209 cm³/mol. The number of nitrogens with zero attached hydrogens (tertiary/aromatic N) is 1. The zero-order valence-corrected chi connectivity index (χ0v) is 34.9. The van der Waals surface area contributed by atoms with Crippen LogP contribution in [0.25, 0.3) is 0 Å². The summed E-state index contributed by atoms with van der Waals surface area (Å²) >= 11 is 6.15. The number of carbonyl (C=O) groups excluding carboxylic acids is 2. The maximum absolute atomic E-state index is 14.1. The quantitative estimate of drug-likeness (QED) is 0.230. The summed E-state index contributed by atoms with van der Waals surface area (Å²) in [5, 5.41) is 22.7. The van der Waals surface area contributed by atoms with Gasteiger partial charge in [-0.3, -0.25) is 19.3 Å². The molecule has 8 heteroatoms. The van der Waals surface area contributed by atoms with Gasteiger partial charge >= 0.3 is 11.9 Å². The number of fused-ring (bicyclic) bond motifs is 7. The molecule has 0 aliphatic heterocycles. The second-order valence-corrected chi connectivity index (χ2v) is 20.8. The van der Waals surface area contributed by atoms with Crippen LogP contribution in [0, 0.1) is 56.2 Å². The maximum atomic E-state index is 14.1. The zero-order valence-electron chi connectivity index (χ0n) is 34.1. The molecule has 1 aromatic carbocycles. The van der Waals surface area contributed by atoms with E-state index in [9.17, 15) is 24.6 Å². The third-order valence-electron chi connectivity index (χ3n) is 16.4. The van der Waals surface area contributed by atoms with E-state index in [1.54, 1.807) is 13.8 Å². The molecule has 53 heavy (non-hydrogen) atoms. The molecule has 0 unspecified atom stereocenters. The van der Waals surface area contributed by atoms with Crippen molar-refractivity contribution in [3.8, 4) is 0 Å². The number of ether oxygens (including phenoxy) is 1. The first-order chi connectivity index (χ1) is 24.5. The number of Topliss-reactive ketones (excluding diaryl/α,β-unsaturated/α-hetero) is 1. The molecule has 4 saturated carbocycles. The maximum Gasteiger partial charge on any atom is 0.309 e. The first-order valence-corrected chi connectivity index (χ1v) is 20.7. The molecule has 7 nitrogen and oxygen atoms in total. The number of carboxylic acid groups (broad SMARTS) is 1. The molecule has 5 aliphatic carbocycles. The normalized spacial score (nSPS) is 37.1. The van der Waals surface area contributed by atoms with Crippen LogP contribution in [0.15, 0.2) is 35.4 Å². The van der Waals surface area contributed by atoms with Crippen LogP contribution in [0.4, 0.5) is 0 Å². The van der Waals surface area contributed by atoms with Crippen molar-refractivity contribution in [1.82, 2.24) is 4.90 Å². The summed E-state index contributed by atoms with van der Waals surface area (Å²) in [7, 11) is 2.06. The van der Waals surface area contributed by atoms with Gasteiger partial charge in [-0.25, -0.2) is 0 Å². The van der Waals surface area contributed by atoms with E-state index in [1.807, 2.05) is 24.3 Å². The minimum absolute atomic E-state index is 0.0156. The van der Waals surface area contributed by atoms with Gasteiger partial charge in [-0.15, -0.1) is 0 Å². The Morgan fingerprint density at radius 3 is 2.23 bits per heavy atom. The Labute approximate surface area is 323 Å². The minimum Gasteiger partial charge on any atom is -0.481 e. The molecule has 0 bridgehead atoms. The number of benzene rings is 1. The van der Waals surface area contributed by atoms with Gasteiger partial charge in [0, 0.05) is 35.4 Å². The van der Waals surface area contributed by atoms with E-state index in [2.05, 4.69) is 60.4 Å². The highest BCUT2D eigenvalue weighted by atomic mass is 35.5. The van der Waals surface area contributed by atoms with Gasteiger partial charge < -0.3 is 14.9 Å². The van der Waals surface area contributed by atoms with Crippen LogP contribution in [0.3, 0.4) is 0 Å². The van der Waals surface area contributed by atoms with Crippen LogP contribution in [0.5, 0.6) is 0 Å². The van der Waals surface area contributed by atoms with Gasteiger partial charge in [-0.1, -0.05) is 77.8 Å². The molecular weight excluding hydrogens is 686 g/mol. The van der Waals surface area contributed by atoms with Gasteiger partial charge in [0.05, 0.1) is 17.9 Å². The number of esters is 1. The van der Waals surface area contributed by atoms with Crippen molar-refractivity contribution in [3.05, 3.63) is 46.0 Å². The van der Waals surface area contributed by atoms with E-state index in [0.29, 0.717) is 36.4 Å². The van der Waals surface area contributed by atoms with Crippen molar-refractivity contribution in [1.29, 1.82) is 0 Å². The number of carbonyl (C=O) groups is 3. The fourth-order valence-corrected chi connectivity index (χ4v) is 13.5. The molecule has 0 radical (unpaired) electrons. The Bertz CT molecular complexity index is 1650. The van der Waals surface area contributed by atoms with Gasteiger partial charge in [0.15, 0.2) is 5.78 Å². The second kappa shape index (κ2) is 13.8. The van der Waals surface area contributed by atoms with E-state index in [0.717, 1.165) is 62.5 Å². The molecule has 0 spiro atoms. The van der Waals surface area contributed by atoms with Gasteiger partial charge in [0.2, 0.25) is 0 Å². The standard InChI is InChI=1S/C45H66ClNO6/c1-27(2)37-31(48)23-45(34(49)26-47(10)25-28-11-13-29(46)14-12-28)22-21-43(8)30(38(37)45)15-16-33-42(7)19-18-35(53-36(50)24-40(3,4)39(51)52)41(5,6)32(42)17-20-44(33,43)9/h11-14,27,30,32-35,49H,15-26H2,1-10H3,(H,51,52)/t30-,32+,33-,34+,35-,42+,43-,44-,45+/m1/s1. The number of aliphatic hydroxyl groups excluding tert-OH is 1. The molecule has 4 fully saturated rings. The molecule has 1 aromatic rings. The zero-order chi connectivity index (χ0) is 39.1. The summed E-state index contributed by atoms with van der Waals surface area (Å²) in [6, 6.07) is 7.89. The molecule has 6 rings (SSSR count). The lowest BCUT2D eigenvalue weighted by molar-refractivity contribution is -0.235. The highest BCUT2D eigenvalue weighted by molar-refractivity contribution is 6.30. The van der Waals surface area contributed by atoms with Crippen molar-refractivity contribution < 1.29 is 29.3 Å². The molecule has 0 amide bonds. The second-order valence-electron chi connectivity index (χ2n) is 20.4. The smallest absolute Gasteiger partial charge is 0.309 e. The molecule has 0 heterocycles. The topological polar surface area (TPSA) is 104 Å². The van der Waals surface area contributed by atoms with E-state index < -0.39 is 28.9 Å². The number of rotatable bonds is 10. The van der Waals surface area contributed by atoms with Crippen LogP contribution < -0.4 is 0 Å². The van der Waals surface area contributed by atoms with Gasteiger partial charge in [0.25, 0.3) is 0 Å². The highest BCUT2D eigenvalue weighted by Gasteiger charge is 2.70. The molecule has 0 saturated heterocycles. The Morgan fingerprint density at radius 1 is 0.943 bits per heavy atom. The fourth-order valence-electron chi connectivity index (χ4n) is 13.3. The van der Waals surface area contributed by atoms with Crippen molar-refractivity contribution in [2.75, 3.05) is 13.6 Å². The molecule has 5 aliphatic rings. The summed E-state index contributed by atoms with van der Waals surface area (Å²) in [6.07, 6.45) is 7.21. The SMILES string of the molecule is CC(C)C1=C2[C@H]3CC[C@@H]4[C@@]5(C)CC[C@@H](OC(=O)CC(C)(C)C(=O)O)C(C)(C)[C@@H]5CC[C@@]4(C)[C@]3(C)CC[C@@]2([C@@H](O)CN(C)Cc2ccc(Cl)cc2)CC1=O. The number of hydrogen-bond donors (Lipinski definition) is 2. The number of likely N-dealkylation sites (N-methyl/N-ethyl adjacent to an activating group) is 1. The van der Waals surface area contributed by atoms with E-state index in [1.165, 1.54) is 5.57 Å². The lowest BCUT2D eigenvalue weighted by Crippen LogP contribution is -2.66. The number of halogens is 1. The van der Waals surface area contributed by atoms with Crippen LogP contribution in [0.1, 0.15) is 132 Å². The molecule has 0 aromatic heterocycles. The summed E-state index contributed by atoms with van der Waals surface area (Å²) in [5.74, 6) is 0.0429. The van der Waals surface area contributed by atoms with Crippen molar-refractivity contribution in [3.63, 3.8) is 0 Å². The highest BCUT2D eigenvalue weighted by Crippen LogP contribution is 2.77. The molecule has 9 atom stereocenters. The number of hydrogen-bond acceptors (Lipinski definition) is 6. The average Bonchev–Trinajstić information content (AvgIpc) is 3.37. The summed E-state index contributed by atoms with van der Waals surface area (Å²) < 4.78 is 6.17. The number of aliphatic hydroxyl groups is 1. The minimum atomic E-state index is -1.17. The van der Waals surface area contributed by atoms with Crippen LogP contribution in [0.2, 0.25) is 5.02 Å². The van der Waals surface area contributed by atoms with Crippen molar-refractivity contribution in [2.24, 2.45) is 56.2 Å². The Hall–Kier alpha value is -2.22. The lowest BCUT2D eigenvalue weighted by atomic mass is 9.33. The molecule has 294 valence electrons. The van der Waals surface area contributed by atoms with Gasteiger partial charge in [-0.05, 0) is 135 Å². The van der Waals surface area contributed by atoms with Crippen LogP contribution in [-0.4, -0.2) is 58.6 Å². The number of allylic oxidation sites excluding steroid dienone is 1. The summed E-state index contributed by atoms with van der Waals surface area (Å²) in [4.78, 5) is 41.2. The van der Waals surface area contributed by atoms with Crippen molar-refractivity contribution in [2.45, 2.75) is 145 Å². The molecular formula is C45H66ClNO6. The summed E-state index contributed by atoms with van der Waals surface area (Å²) in [6.45, 7) is 20.9. The van der Waals surface area contributed by atoms with E-state index in [4.69, 9.17) is 16.3 Å². The lowest BCUT2D eigenvalue weighted by Gasteiger charge is -2.72.